The first kappa shape index (κ1) is 14.6. The Morgan fingerprint density at radius 1 is 1.40 bits per heavy atom. The Morgan fingerprint density at radius 2 is 2.20 bits per heavy atom. The minimum absolute atomic E-state index is 0.204. The summed E-state index contributed by atoms with van der Waals surface area (Å²) in [7, 11) is 0. The Labute approximate surface area is 126 Å². The molecule has 20 heavy (non-hydrogen) atoms. The Morgan fingerprint density at radius 3 is 2.90 bits per heavy atom. The number of hydrogen-bond acceptors (Lipinski definition) is 2. The zero-order valence-electron chi connectivity index (χ0n) is 11.5. The molecule has 5 nitrogen and oxygen atoms in total. The maximum absolute atomic E-state index is 11.8. The first-order valence-electron chi connectivity index (χ1n) is 6.34. The number of halogens is 1. The monoisotopic (exact) mass is 336 g/mol. The van der Waals surface area contributed by atoms with Crippen molar-refractivity contribution in [3.63, 3.8) is 0 Å². The fourth-order valence-electron chi connectivity index (χ4n) is 1.78. The largest absolute Gasteiger partial charge is 0.336 e. The molecule has 1 aromatic carbocycles. The normalized spacial score (nSPS) is 10.3. The van der Waals surface area contributed by atoms with Crippen LogP contribution in [0.25, 0.3) is 0 Å². The van der Waals surface area contributed by atoms with Crippen LogP contribution < -0.4 is 10.6 Å². The first-order chi connectivity index (χ1) is 9.54. The molecule has 6 heteroatoms. The van der Waals surface area contributed by atoms with Gasteiger partial charge in [-0.1, -0.05) is 12.1 Å². The molecule has 2 rings (SSSR count). The van der Waals surface area contributed by atoms with Crippen LogP contribution in [0.3, 0.4) is 0 Å². The average Bonchev–Trinajstić information content (AvgIpc) is 2.80. The fraction of sp³-hybridized carbons (Fsp3) is 0.286. The first-order valence-corrected chi connectivity index (χ1v) is 7.14. The zero-order valence-corrected chi connectivity index (χ0v) is 13.1. The van der Waals surface area contributed by atoms with Gasteiger partial charge in [0.2, 0.25) is 0 Å². The van der Waals surface area contributed by atoms with E-state index >= 15 is 0 Å². The van der Waals surface area contributed by atoms with Crippen LogP contribution in [0, 0.1) is 13.8 Å². The van der Waals surface area contributed by atoms with E-state index in [0.29, 0.717) is 13.1 Å². The third kappa shape index (κ3) is 4.09. The van der Waals surface area contributed by atoms with Gasteiger partial charge in [0, 0.05) is 18.4 Å². The van der Waals surface area contributed by atoms with E-state index in [9.17, 15) is 4.79 Å². The van der Waals surface area contributed by atoms with Crippen molar-refractivity contribution in [3.05, 3.63) is 46.2 Å². The number of aryl methyl sites for hydroxylation is 2. The van der Waals surface area contributed by atoms with Crippen molar-refractivity contribution < 1.29 is 4.79 Å². The molecule has 0 unspecified atom stereocenters. The lowest BCUT2D eigenvalue weighted by Crippen LogP contribution is -2.31. The molecule has 0 aliphatic heterocycles. The van der Waals surface area contributed by atoms with Gasteiger partial charge in [-0.25, -0.2) is 4.79 Å². The minimum Gasteiger partial charge on any atom is -0.336 e. The van der Waals surface area contributed by atoms with E-state index in [0.717, 1.165) is 21.3 Å². The molecule has 2 aromatic rings. The quantitative estimate of drug-likeness (QED) is 0.901. The van der Waals surface area contributed by atoms with Crippen LogP contribution in [0.5, 0.6) is 0 Å². The number of hydrogen-bond donors (Lipinski definition) is 2. The molecule has 2 amide bonds. The Balaban J connectivity index is 1.82. The molecular weight excluding hydrogens is 320 g/mol. The summed E-state index contributed by atoms with van der Waals surface area (Å²) in [5, 5.41) is 9.78. The van der Waals surface area contributed by atoms with Crippen LogP contribution in [0.4, 0.5) is 10.5 Å². The number of benzene rings is 1. The number of amides is 2. The number of nitrogens with one attached hydrogen (secondary N) is 2. The predicted octanol–water partition coefficient (Wildman–Crippen LogP) is 3.08. The maximum Gasteiger partial charge on any atom is 0.319 e. The van der Waals surface area contributed by atoms with E-state index in [1.54, 1.807) is 10.9 Å². The van der Waals surface area contributed by atoms with E-state index in [4.69, 9.17) is 0 Å². The molecule has 0 aliphatic rings. The van der Waals surface area contributed by atoms with E-state index < -0.39 is 0 Å². The molecule has 106 valence electrons. The van der Waals surface area contributed by atoms with Crippen LogP contribution in [0.2, 0.25) is 0 Å². The smallest absolute Gasteiger partial charge is 0.319 e. The van der Waals surface area contributed by atoms with Crippen molar-refractivity contribution in [2.45, 2.75) is 20.4 Å². The molecule has 0 atom stereocenters. The van der Waals surface area contributed by atoms with Gasteiger partial charge in [0.25, 0.3) is 0 Å². The summed E-state index contributed by atoms with van der Waals surface area (Å²) in [4.78, 5) is 11.8. The lowest BCUT2D eigenvalue weighted by molar-refractivity contribution is 0.251. The van der Waals surface area contributed by atoms with E-state index in [2.05, 4.69) is 31.7 Å². The molecule has 2 N–H and O–H groups in total. The topological polar surface area (TPSA) is 59.0 Å². The second-order valence-corrected chi connectivity index (χ2v) is 5.54. The van der Waals surface area contributed by atoms with Crippen molar-refractivity contribution in [2.75, 3.05) is 11.9 Å². The van der Waals surface area contributed by atoms with Crippen molar-refractivity contribution in [2.24, 2.45) is 0 Å². The van der Waals surface area contributed by atoms with Crippen LogP contribution >= 0.6 is 15.9 Å². The van der Waals surface area contributed by atoms with Crippen molar-refractivity contribution >= 4 is 27.6 Å². The molecule has 0 fully saturated rings. The predicted molar refractivity (Wildman–Crippen MR) is 82.9 cm³/mol. The summed E-state index contributed by atoms with van der Waals surface area (Å²) in [6.07, 6.45) is 3.58. The third-order valence-corrected chi connectivity index (χ3v) is 3.28. The van der Waals surface area contributed by atoms with Gasteiger partial charge in [-0.3, -0.25) is 4.68 Å². The molecule has 0 bridgehead atoms. The van der Waals surface area contributed by atoms with Crippen LogP contribution in [0.1, 0.15) is 11.1 Å². The molecule has 0 aliphatic carbocycles. The lowest BCUT2D eigenvalue weighted by Gasteiger charge is -2.10. The highest BCUT2D eigenvalue weighted by Crippen LogP contribution is 2.15. The van der Waals surface area contributed by atoms with Gasteiger partial charge in [0.15, 0.2) is 0 Å². The summed E-state index contributed by atoms with van der Waals surface area (Å²) in [5.41, 5.74) is 3.00. The second-order valence-electron chi connectivity index (χ2n) is 4.62. The van der Waals surface area contributed by atoms with Crippen molar-refractivity contribution in [1.82, 2.24) is 15.1 Å². The van der Waals surface area contributed by atoms with Crippen LogP contribution in [-0.4, -0.2) is 22.4 Å². The Hall–Kier alpha value is -1.82. The summed E-state index contributed by atoms with van der Waals surface area (Å²) < 4.78 is 2.69. The van der Waals surface area contributed by atoms with E-state index in [-0.39, 0.29) is 6.03 Å². The van der Waals surface area contributed by atoms with Crippen molar-refractivity contribution in [1.29, 1.82) is 0 Å². The van der Waals surface area contributed by atoms with E-state index in [1.165, 1.54) is 0 Å². The van der Waals surface area contributed by atoms with Gasteiger partial charge < -0.3 is 10.6 Å². The summed E-state index contributed by atoms with van der Waals surface area (Å²) in [6, 6.07) is 5.77. The molecule has 0 spiro atoms. The van der Waals surface area contributed by atoms with Gasteiger partial charge in [-0.15, -0.1) is 0 Å². The lowest BCUT2D eigenvalue weighted by atomic mass is 10.1. The van der Waals surface area contributed by atoms with Gasteiger partial charge in [-0.05, 0) is 47.0 Å². The molecule has 0 saturated carbocycles. The number of aromatic nitrogens is 2. The summed E-state index contributed by atoms with van der Waals surface area (Å²) in [6.45, 7) is 5.12. The number of rotatable bonds is 4. The highest BCUT2D eigenvalue weighted by molar-refractivity contribution is 9.10. The van der Waals surface area contributed by atoms with Gasteiger partial charge in [-0.2, -0.15) is 5.10 Å². The number of anilines is 1. The minimum atomic E-state index is -0.204. The summed E-state index contributed by atoms with van der Waals surface area (Å²) >= 11 is 3.33. The number of nitrogens with zero attached hydrogens (tertiary/aromatic N) is 2. The Kier molecular flexibility index (Phi) is 4.79. The summed E-state index contributed by atoms with van der Waals surface area (Å²) in [5.74, 6) is 0. The maximum atomic E-state index is 11.8. The molecule has 0 radical (unpaired) electrons. The standard InChI is InChI=1S/C14H17BrN4O/c1-10-3-4-11(2)13(7-10)18-14(20)16-5-6-19-9-12(15)8-17-19/h3-4,7-9H,5-6H2,1-2H3,(H2,16,18,20). The van der Waals surface area contributed by atoms with Gasteiger partial charge in [0.1, 0.15) is 0 Å². The van der Waals surface area contributed by atoms with Gasteiger partial charge in [0.05, 0.1) is 17.2 Å². The van der Waals surface area contributed by atoms with Crippen LogP contribution in [0.15, 0.2) is 35.1 Å². The number of urea groups is 1. The number of carbonyl (C=O) groups excluding carboxylic acids is 1. The SMILES string of the molecule is Cc1ccc(C)c(NC(=O)NCCn2cc(Br)cn2)c1. The van der Waals surface area contributed by atoms with Gasteiger partial charge >= 0.3 is 6.03 Å². The zero-order chi connectivity index (χ0) is 14.5. The average molecular weight is 337 g/mol. The highest BCUT2D eigenvalue weighted by Gasteiger charge is 2.04. The Bertz CT molecular complexity index is 609. The molecule has 1 aromatic heterocycles. The molecule has 0 saturated heterocycles. The van der Waals surface area contributed by atoms with Crippen molar-refractivity contribution in [3.8, 4) is 0 Å². The molecule has 1 heterocycles. The highest BCUT2D eigenvalue weighted by atomic mass is 79.9. The molecular formula is C14H17BrN4O. The third-order valence-electron chi connectivity index (χ3n) is 2.87. The van der Waals surface area contributed by atoms with Crippen LogP contribution in [-0.2, 0) is 6.54 Å². The second kappa shape index (κ2) is 6.56. The number of carbonyl (C=O) groups is 1. The van der Waals surface area contributed by atoms with E-state index in [1.807, 2.05) is 38.2 Å². The fourth-order valence-corrected chi connectivity index (χ4v) is 2.11.